The predicted molar refractivity (Wildman–Crippen MR) is 109 cm³/mol. The largest absolute Gasteiger partial charge is 0.477 e. The summed E-state index contributed by atoms with van der Waals surface area (Å²) in [5.41, 5.74) is 0.0409. The lowest BCUT2D eigenvalue weighted by molar-refractivity contribution is -0.386. The monoisotopic (exact) mass is 451 g/mol. The molecule has 1 aliphatic rings. The summed E-state index contributed by atoms with van der Waals surface area (Å²) >= 11 is 0. The normalized spacial score (nSPS) is 14.4. The van der Waals surface area contributed by atoms with E-state index in [4.69, 9.17) is 4.74 Å². The lowest BCUT2D eigenvalue weighted by Crippen LogP contribution is -2.31. The van der Waals surface area contributed by atoms with Gasteiger partial charge >= 0.3 is 5.69 Å². The number of hydrogen-bond donors (Lipinski definition) is 0. The second-order valence-corrected chi connectivity index (χ2v) is 9.10. The van der Waals surface area contributed by atoms with Crippen LogP contribution in [-0.4, -0.2) is 55.2 Å². The lowest BCUT2D eigenvalue weighted by atomic mass is 10.2. The van der Waals surface area contributed by atoms with E-state index >= 15 is 0 Å². The molecule has 0 aromatic heterocycles. The first-order chi connectivity index (χ1) is 14.7. The maximum Gasteiger partial charge on any atom is 0.312 e. The van der Waals surface area contributed by atoms with Crippen LogP contribution >= 0.6 is 0 Å². The van der Waals surface area contributed by atoms with Crippen LogP contribution in [-0.2, 0) is 21.4 Å². The molecule has 1 fully saturated rings. The van der Waals surface area contributed by atoms with Gasteiger partial charge in [0.1, 0.15) is 5.82 Å². The molecular formula is C20H22FN3O6S. The second-order valence-electron chi connectivity index (χ2n) is 7.17. The Bertz CT molecular complexity index is 1090. The van der Waals surface area contributed by atoms with Gasteiger partial charge < -0.3 is 9.64 Å². The highest BCUT2D eigenvalue weighted by Gasteiger charge is 2.30. The van der Waals surface area contributed by atoms with Crippen LogP contribution in [0.2, 0.25) is 0 Å². The number of likely N-dealkylation sites (N-methyl/N-ethyl adjacent to an activating group) is 1. The topological polar surface area (TPSA) is 110 Å². The Morgan fingerprint density at radius 2 is 1.94 bits per heavy atom. The van der Waals surface area contributed by atoms with Gasteiger partial charge in [0.15, 0.2) is 12.4 Å². The van der Waals surface area contributed by atoms with E-state index in [1.165, 1.54) is 46.6 Å². The fourth-order valence-electron chi connectivity index (χ4n) is 3.25. The number of carbonyl (C=O) groups is 1. The van der Waals surface area contributed by atoms with Crippen LogP contribution < -0.4 is 4.74 Å². The molecule has 9 nitrogen and oxygen atoms in total. The number of ether oxygens (including phenoxy) is 1. The molecule has 0 saturated carbocycles. The van der Waals surface area contributed by atoms with Gasteiger partial charge in [-0.1, -0.05) is 12.1 Å². The van der Waals surface area contributed by atoms with Crippen molar-refractivity contribution < 1.29 is 27.3 Å². The van der Waals surface area contributed by atoms with Crippen LogP contribution in [0.25, 0.3) is 0 Å². The minimum Gasteiger partial charge on any atom is -0.477 e. The van der Waals surface area contributed by atoms with Gasteiger partial charge in [-0.3, -0.25) is 14.9 Å². The maximum absolute atomic E-state index is 13.3. The molecule has 0 aliphatic carbocycles. The van der Waals surface area contributed by atoms with E-state index in [1.54, 1.807) is 6.07 Å². The van der Waals surface area contributed by atoms with E-state index < -0.39 is 39.0 Å². The van der Waals surface area contributed by atoms with Crippen LogP contribution in [0.5, 0.6) is 5.75 Å². The third-order valence-corrected chi connectivity index (χ3v) is 6.81. The Labute approximate surface area is 179 Å². The highest BCUT2D eigenvalue weighted by atomic mass is 32.2. The molecule has 2 aromatic carbocycles. The molecule has 2 aromatic rings. The number of amides is 1. The number of rotatable bonds is 8. The third-order valence-electron chi connectivity index (χ3n) is 4.92. The number of nitrogens with zero attached hydrogens (tertiary/aromatic N) is 3. The van der Waals surface area contributed by atoms with Gasteiger partial charge in [-0.05, 0) is 42.7 Å². The van der Waals surface area contributed by atoms with E-state index in [0.29, 0.717) is 18.7 Å². The van der Waals surface area contributed by atoms with Crippen molar-refractivity contribution in [1.29, 1.82) is 0 Å². The van der Waals surface area contributed by atoms with Crippen molar-refractivity contribution >= 4 is 21.6 Å². The van der Waals surface area contributed by atoms with E-state index in [9.17, 15) is 27.7 Å². The Kier molecular flexibility index (Phi) is 6.86. The molecule has 0 bridgehead atoms. The summed E-state index contributed by atoms with van der Waals surface area (Å²) in [4.78, 5) is 24.1. The molecular weight excluding hydrogens is 429 g/mol. The summed E-state index contributed by atoms with van der Waals surface area (Å²) in [6.45, 7) is 0.390. The molecule has 1 saturated heterocycles. The molecule has 1 aliphatic heterocycles. The summed E-state index contributed by atoms with van der Waals surface area (Å²) in [5, 5.41) is 11.5. The lowest BCUT2D eigenvalue weighted by Gasteiger charge is -2.18. The molecule has 0 radical (unpaired) electrons. The van der Waals surface area contributed by atoms with E-state index in [1.807, 2.05) is 0 Å². The highest BCUT2D eigenvalue weighted by molar-refractivity contribution is 7.89. The van der Waals surface area contributed by atoms with Crippen molar-refractivity contribution in [2.45, 2.75) is 24.3 Å². The van der Waals surface area contributed by atoms with Crippen molar-refractivity contribution in [3.8, 4) is 5.75 Å². The van der Waals surface area contributed by atoms with Crippen LogP contribution in [0.1, 0.15) is 18.4 Å². The predicted octanol–water partition coefficient (Wildman–Crippen LogP) is 2.56. The van der Waals surface area contributed by atoms with Crippen molar-refractivity contribution in [3.05, 3.63) is 64.0 Å². The third kappa shape index (κ3) is 5.36. The smallest absolute Gasteiger partial charge is 0.312 e. The van der Waals surface area contributed by atoms with E-state index in [0.717, 1.165) is 18.9 Å². The molecule has 1 heterocycles. The SMILES string of the molecule is CN(Cc1cccc(F)c1)C(=O)COc1ccc(S(=O)(=O)N2CCCC2)cc1[N+](=O)[O-]. The molecule has 0 unspecified atom stereocenters. The number of nitro groups is 1. The first-order valence-electron chi connectivity index (χ1n) is 9.58. The van der Waals surface area contributed by atoms with Crippen molar-refractivity contribution in [2.24, 2.45) is 0 Å². The first-order valence-corrected chi connectivity index (χ1v) is 11.0. The molecule has 0 N–H and O–H groups in total. The Balaban J connectivity index is 1.70. The van der Waals surface area contributed by atoms with Gasteiger partial charge in [0.25, 0.3) is 5.91 Å². The maximum atomic E-state index is 13.3. The van der Waals surface area contributed by atoms with Crippen molar-refractivity contribution in [3.63, 3.8) is 0 Å². The minimum absolute atomic E-state index is 0.134. The first kappa shape index (κ1) is 22.6. The highest BCUT2D eigenvalue weighted by Crippen LogP contribution is 2.31. The van der Waals surface area contributed by atoms with E-state index in [-0.39, 0.29) is 17.2 Å². The van der Waals surface area contributed by atoms with Crippen LogP contribution in [0.15, 0.2) is 47.4 Å². The number of nitro benzene ring substituents is 1. The van der Waals surface area contributed by atoms with Gasteiger partial charge in [0.2, 0.25) is 10.0 Å². The van der Waals surface area contributed by atoms with Crippen LogP contribution in [0.3, 0.4) is 0 Å². The zero-order valence-corrected chi connectivity index (χ0v) is 17.7. The number of sulfonamides is 1. The minimum atomic E-state index is -3.83. The summed E-state index contributed by atoms with van der Waals surface area (Å²) in [6, 6.07) is 9.15. The number of halogens is 1. The quantitative estimate of drug-likeness (QED) is 0.451. The molecule has 0 spiro atoms. The second kappa shape index (κ2) is 9.40. The Morgan fingerprint density at radius 1 is 1.23 bits per heavy atom. The molecule has 0 atom stereocenters. The van der Waals surface area contributed by atoms with Gasteiger partial charge in [0.05, 0.1) is 9.82 Å². The molecule has 31 heavy (non-hydrogen) atoms. The number of hydrogen-bond acceptors (Lipinski definition) is 6. The number of carbonyl (C=O) groups excluding carboxylic acids is 1. The van der Waals surface area contributed by atoms with Crippen LogP contribution in [0, 0.1) is 15.9 Å². The average Bonchev–Trinajstić information content (AvgIpc) is 3.27. The number of benzene rings is 2. The van der Waals surface area contributed by atoms with Crippen LogP contribution in [0.4, 0.5) is 10.1 Å². The summed E-state index contributed by atoms with van der Waals surface area (Å²) in [6.07, 6.45) is 1.49. The molecule has 3 rings (SSSR count). The zero-order chi connectivity index (χ0) is 22.6. The van der Waals surface area contributed by atoms with Gasteiger partial charge in [0, 0.05) is 32.7 Å². The molecule has 1 amide bonds. The summed E-state index contributed by atoms with van der Waals surface area (Å²) in [5.74, 6) is -1.11. The van der Waals surface area contributed by atoms with Gasteiger partial charge in [-0.15, -0.1) is 0 Å². The van der Waals surface area contributed by atoms with Gasteiger partial charge in [-0.2, -0.15) is 4.31 Å². The Morgan fingerprint density at radius 3 is 2.58 bits per heavy atom. The van der Waals surface area contributed by atoms with E-state index in [2.05, 4.69) is 0 Å². The Hall–Kier alpha value is -3.05. The van der Waals surface area contributed by atoms with Crippen molar-refractivity contribution in [1.82, 2.24) is 9.21 Å². The summed E-state index contributed by atoms with van der Waals surface area (Å²) < 4.78 is 45.2. The fraction of sp³-hybridized carbons (Fsp3) is 0.350. The average molecular weight is 451 g/mol. The zero-order valence-electron chi connectivity index (χ0n) is 16.9. The van der Waals surface area contributed by atoms with Crippen molar-refractivity contribution in [2.75, 3.05) is 26.7 Å². The standard InChI is InChI=1S/C20H22FN3O6S/c1-22(13-15-5-4-6-16(21)11-15)20(25)14-30-19-8-7-17(12-18(19)24(26)27)31(28,29)23-9-2-3-10-23/h4-8,11-12H,2-3,9-10,13-14H2,1H3. The fourth-order valence-corrected chi connectivity index (χ4v) is 4.78. The summed E-state index contributed by atoms with van der Waals surface area (Å²) in [7, 11) is -2.33. The van der Waals surface area contributed by atoms with Gasteiger partial charge in [-0.25, -0.2) is 12.8 Å². The molecule has 166 valence electrons. The molecule has 11 heteroatoms.